The first-order valence-electron chi connectivity index (χ1n) is 9.65. The molecule has 1 fully saturated rings. The number of hydrogen-bond acceptors (Lipinski definition) is 6. The average Bonchev–Trinajstić information content (AvgIpc) is 2.74. The Kier molecular flexibility index (Phi) is 6.65. The number of aryl methyl sites for hydroxylation is 1. The van der Waals surface area contributed by atoms with Crippen molar-refractivity contribution in [2.75, 3.05) is 24.5 Å². The molecule has 1 saturated heterocycles. The fourth-order valence-electron chi connectivity index (χ4n) is 3.50. The Bertz CT molecular complexity index is 1170. The highest BCUT2D eigenvalue weighted by molar-refractivity contribution is 7.89. The van der Waals surface area contributed by atoms with Crippen LogP contribution in [0.2, 0.25) is 0 Å². The lowest BCUT2D eigenvalue weighted by Gasteiger charge is -2.39. The van der Waals surface area contributed by atoms with E-state index in [9.17, 15) is 36.3 Å². The minimum absolute atomic E-state index is 0.00474. The fourth-order valence-corrected chi connectivity index (χ4v) is 5.12. The Morgan fingerprint density at radius 1 is 1.15 bits per heavy atom. The average molecular weight is 487 g/mol. The van der Waals surface area contributed by atoms with Crippen molar-refractivity contribution in [2.24, 2.45) is 0 Å². The maximum absolute atomic E-state index is 13.2. The molecule has 33 heavy (non-hydrogen) atoms. The molecule has 1 aliphatic rings. The largest absolute Gasteiger partial charge is 0.481 e. The SMILES string of the molecule is Cc1ccc(S(=O)(=O)N2CCN(c3ccc(C(F)(F)F)cn3)CC2C(=O)O)cc1CC(=O)O. The van der Waals surface area contributed by atoms with Crippen molar-refractivity contribution < 1.29 is 41.4 Å². The number of rotatable bonds is 6. The molecule has 178 valence electrons. The number of piperazine rings is 1. The first-order valence-corrected chi connectivity index (χ1v) is 11.1. The van der Waals surface area contributed by atoms with E-state index in [4.69, 9.17) is 5.11 Å². The number of carboxylic acid groups (broad SMARTS) is 2. The van der Waals surface area contributed by atoms with Gasteiger partial charge in [-0.15, -0.1) is 0 Å². The number of pyridine rings is 1. The number of anilines is 1. The normalized spacial score (nSPS) is 17.7. The molecule has 1 aliphatic heterocycles. The molecule has 0 radical (unpaired) electrons. The van der Waals surface area contributed by atoms with E-state index in [-0.39, 0.29) is 35.9 Å². The first-order chi connectivity index (χ1) is 15.3. The van der Waals surface area contributed by atoms with Crippen molar-refractivity contribution in [3.8, 4) is 0 Å². The number of carboxylic acids is 2. The maximum Gasteiger partial charge on any atom is 0.417 e. The third-order valence-corrected chi connectivity index (χ3v) is 7.19. The van der Waals surface area contributed by atoms with Gasteiger partial charge in [-0.2, -0.15) is 17.5 Å². The molecular formula is C20H20F3N3O6S. The zero-order valence-electron chi connectivity index (χ0n) is 17.3. The summed E-state index contributed by atoms with van der Waals surface area (Å²) in [6.07, 6.45) is -4.34. The molecule has 13 heteroatoms. The van der Waals surface area contributed by atoms with E-state index in [1.807, 2.05) is 0 Å². The number of aliphatic carboxylic acids is 2. The lowest BCUT2D eigenvalue weighted by molar-refractivity contribution is -0.141. The van der Waals surface area contributed by atoms with Gasteiger partial charge >= 0.3 is 18.1 Å². The van der Waals surface area contributed by atoms with E-state index in [1.54, 1.807) is 6.92 Å². The summed E-state index contributed by atoms with van der Waals surface area (Å²) in [5, 5.41) is 18.7. The van der Waals surface area contributed by atoms with Gasteiger partial charge < -0.3 is 15.1 Å². The lowest BCUT2D eigenvalue weighted by atomic mass is 10.1. The van der Waals surface area contributed by atoms with Crippen LogP contribution in [0.3, 0.4) is 0 Å². The number of nitrogens with zero attached hydrogens (tertiary/aromatic N) is 3. The molecule has 0 amide bonds. The summed E-state index contributed by atoms with van der Waals surface area (Å²) < 4.78 is 65.5. The van der Waals surface area contributed by atoms with Crippen LogP contribution in [0.25, 0.3) is 0 Å². The van der Waals surface area contributed by atoms with Crippen molar-refractivity contribution in [1.82, 2.24) is 9.29 Å². The third kappa shape index (κ3) is 5.25. The monoisotopic (exact) mass is 487 g/mol. The van der Waals surface area contributed by atoms with E-state index < -0.39 is 46.2 Å². The van der Waals surface area contributed by atoms with Crippen LogP contribution in [0.15, 0.2) is 41.4 Å². The van der Waals surface area contributed by atoms with E-state index in [0.29, 0.717) is 11.8 Å². The summed E-state index contributed by atoms with van der Waals surface area (Å²) in [4.78, 5) is 27.9. The quantitative estimate of drug-likeness (QED) is 0.633. The molecule has 1 aromatic heterocycles. The van der Waals surface area contributed by atoms with Gasteiger partial charge in [0.1, 0.15) is 11.9 Å². The van der Waals surface area contributed by atoms with E-state index in [1.165, 1.54) is 23.1 Å². The number of benzene rings is 1. The number of aromatic nitrogens is 1. The maximum atomic E-state index is 13.2. The summed E-state index contributed by atoms with van der Waals surface area (Å²) in [5.41, 5.74) is -0.105. The molecule has 1 aromatic carbocycles. The van der Waals surface area contributed by atoms with Crippen LogP contribution in [-0.2, 0) is 32.2 Å². The highest BCUT2D eigenvalue weighted by Crippen LogP contribution is 2.30. The highest BCUT2D eigenvalue weighted by atomic mass is 32.2. The molecule has 2 heterocycles. The summed E-state index contributed by atoms with van der Waals surface area (Å²) >= 11 is 0. The van der Waals surface area contributed by atoms with Gasteiger partial charge in [0.15, 0.2) is 0 Å². The molecule has 2 aromatic rings. The van der Waals surface area contributed by atoms with Crippen molar-refractivity contribution in [2.45, 2.75) is 30.5 Å². The first kappa shape index (κ1) is 24.5. The zero-order valence-corrected chi connectivity index (χ0v) is 18.1. The van der Waals surface area contributed by atoms with Crippen molar-refractivity contribution in [3.05, 3.63) is 53.2 Å². The molecule has 0 aliphatic carbocycles. The summed E-state index contributed by atoms with van der Waals surface area (Å²) in [7, 11) is -4.30. The van der Waals surface area contributed by atoms with Crippen molar-refractivity contribution in [1.29, 1.82) is 0 Å². The Morgan fingerprint density at radius 3 is 2.39 bits per heavy atom. The van der Waals surface area contributed by atoms with Gasteiger partial charge in [0.05, 0.1) is 16.9 Å². The van der Waals surface area contributed by atoms with Crippen LogP contribution in [0.1, 0.15) is 16.7 Å². The molecule has 0 saturated carbocycles. The van der Waals surface area contributed by atoms with Crippen molar-refractivity contribution >= 4 is 27.8 Å². The third-order valence-electron chi connectivity index (χ3n) is 5.28. The zero-order chi connectivity index (χ0) is 24.6. The predicted molar refractivity (Wildman–Crippen MR) is 109 cm³/mol. The van der Waals surface area contributed by atoms with Crippen LogP contribution in [0.4, 0.5) is 19.0 Å². The minimum atomic E-state index is -4.57. The summed E-state index contributed by atoms with van der Waals surface area (Å²) in [6.45, 7) is 1.03. The van der Waals surface area contributed by atoms with Gasteiger partial charge in [-0.05, 0) is 42.3 Å². The lowest BCUT2D eigenvalue weighted by Crippen LogP contribution is -2.58. The van der Waals surface area contributed by atoms with Gasteiger partial charge in [-0.1, -0.05) is 6.07 Å². The van der Waals surface area contributed by atoms with Crippen LogP contribution in [-0.4, -0.2) is 65.5 Å². The van der Waals surface area contributed by atoms with E-state index in [2.05, 4.69) is 4.98 Å². The van der Waals surface area contributed by atoms with E-state index >= 15 is 0 Å². The molecule has 0 bridgehead atoms. The van der Waals surface area contributed by atoms with Crippen LogP contribution >= 0.6 is 0 Å². The van der Waals surface area contributed by atoms with Crippen LogP contribution < -0.4 is 4.90 Å². The predicted octanol–water partition coefficient (Wildman–Crippen LogP) is 2.00. The van der Waals surface area contributed by atoms with E-state index in [0.717, 1.165) is 16.4 Å². The smallest absolute Gasteiger partial charge is 0.417 e. The Morgan fingerprint density at radius 2 is 1.85 bits per heavy atom. The second-order valence-electron chi connectivity index (χ2n) is 7.48. The van der Waals surface area contributed by atoms with Crippen LogP contribution in [0.5, 0.6) is 0 Å². The summed E-state index contributed by atoms with van der Waals surface area (Å²) in [6, 6.07) is 4.32. The van der Waals surface area contributed by atoms with Crippen LogP contribution in [0, 0.1) is 6.92 Å². The Hall–Kier alpha value is -3.19. The van der Waals surface area contributed by atoms with Gasteiger partial charge in [-0.3, -0.25) is 9.59 Å². The second-order valence-corrected chi connectivity index (χ2v) is 9.37. The fraction of sp³-hybridized carbons (Fsp3) is 0.350. The minimum Gasteiger partial charge on any atom is -0.481 e. The molecule has 0 spiro atoms. The highest BCUT2D eigenvalue weighted by Gasteiger charge is 2.41. The second kappa shape index (κ2) is 8.98. The Labute approximate surface area is 187 Å². The van der Waals surface area contributed by atoms with Gasteiger partial charge in [-0.25, -0.2) is 13.4 Å². The van der Waals surface area contributed by atoms with Crippen molar-refractivity contribution in [3.63, 3.8) is 0 Å². The number of alkyl halides is 3. The summed E-state index contributed by atoms with van der Waals surface area (Å²) in [5.74, 6) is -2.49. The molecule has 1 unspecified atom stereocenters. The molecular weight excluding hydrogens is 467 g/mol. The topological polar surface area (TPSA) is 128 Å². The molecule has 9 nitrogen and oxygen atoms in total. The molecule has 2 N–H and O–H groups in total. The number of carbonyl (C=O) groups is 2. The van der Waals surface area contributed by atoms with Gasteiger partial charge in [0.25, 0.3) is 0 Å². The number of hydrogen-bond donors (Lipinski definition) is 2. The standard InChI is InChI=1S/C20H20F3N3O6S/c1-12-2-4-15(8-13(12)9-18(27)28)33(31,32)26-7-6-25(11-16(26)19(29)30)17-5-3-14(10-24-17)20(21,22)23/h2-5,8,10,16H,6-7,9,11H2,1H3,(H,27,28)(H,29,30). The number of halogens is 3. The van der Waals surface area contributed by atoms with Gasteiger partial charge in [0.2, 0.25) is 10.0 Å². The van der Waals surface area contributed by atoms with Gasteiger partial charge in [0, 0.05) is 25.8 Å². The molecule has 3 rings (SSSR count). The Balaban J connectivity index is 1.88. The molecule has 1 atom stereocenters. The number of sulfonamides is 1.